The zero-order valence-electron chi connectivity index (χ0n) is 12.6. The molecule has 0 spiro atoms. The minimum atomic E-state index is -1.03. The van der Waals surface area contributed by atoms with Crippen LogP contribution in [-0.4, -0.2) is 21.1 Å². The first kappa shape index (κ1) is 16.8. The first-order valence-electron chi connectivity index (χ1n) is 7.08. The fourth-order valence-electron chi connectivity index (χ4n) is 2.00. The molecule has 0 aliphatic rings. The van der Waals surface area contributed by atoms with E-state index in [1.165, 1.54) is 18.5 Å². The van der Waals surface area contributed by atoms with E-state index < -0.39 is 17.5 Å². The maximum atomic E-state index is 13.3. The van der Waals surface area contributed by atoms with Crippen molar-refractivity contribution in [1.29, 1.82) is 0 Å². The van der Waals surface area contributed by atoms with Gasteiger partial charge in [0.1, 0.15) is 11.4 Å². The number of hydrogen-bond donors (Lipinski definition) is 2. The van der Waals surface area contributed by atoms with E-state index in [0.29, 0.717) is 5.56 Å². The highest BCUT2D eigenvalue weighted by Gasteiger charge is 2.14. The molecule has 0 atom stereocenters. The summed E-state index contributed by atoms with van der Waals surface area (Å²) in [5, 5.41) is 8.99. The fourth-order valence-corrected chi connectivity index (χ4v) is 2.17. The summed E-state index contributed by atoms with van der Waals surface area (Å²) < 4.78 is 31.7. The monoisotopic (exact) mass is 364 g/mol. The van der Waals surface area contributed by atoms with Gasteiger partial charge >= 0.3 is 0 Å². The Morgan fingerprint density at radius 3 is 2.84 bits per heavy atom. The van der Waals surface area contributed by atoms with E-state index in [-0.39, 0.29) is 28.9 Å². The molecule has 3 aromatic rings. The number of carbonyl (C=O) groups excluding carboxylic acids is 1. The van der Waals surface area contributed by atoms with E-state index in [1.54, 1.807) is 12.1 Å². The van der Waals surface area contributed by atoms with Crippen LogP contribution in [-0.2, 0) is 6.54 Å². The van der Waals surface area contributed by atoms with Gasteiger partial charge in [-0.1, -0.05) is 17.7 Å². The largest absolute Gasteiger partial charge is 0.439 e. The number of H-pyrrole nitrogens is 1. The molecule has 6 nitrogen and oxygen atoms in total. The molecule has 0 saturated carbocycles. The highest BCUT2D eigenvalue weighted by atomic mass is 35.5. The Morgan fingerprint density at radius 1 is 1.28 bits per heavy atom. The highest BCUT2D eigenvalue weighted by Crippen LogP contribution is 2.24. The summed E-state index contributed by atoms with van der Waals surface area (Å²) in [7, 11) is 0. The fraction of sp³-hybridized carbons (Fsp3) is 0.0625. The lowest BCUT2D eigenvalue weighted by Crippen LogP contribution is -2.23. The SMILES string of the molecule is O=C(NCc1cccnc1Oc1ccc(F)c(F)c1)c1[nH]ncc1Cl. The van der Waals surface area contributed by atoms with Crippen LogP contribution in [0.1, 0.15) is 16.1 Å². The molecule has 128 valence electrons. The third kappa shape index (κ3) is 3.92. The normalized spacial score (nSPS) is 10.5. The Kier molecular flexibility index (Phi) is 4.90. The second kappa shape index (κ2) is 7.27. The average Bonchev–Trinajstić information content (AvgIpc) is 3.03. The molecular formula is C16H11ClF2N4O2. The number of amides is 1. The number of nitrogens with one attached hydrogen (secondary N) is 2. The molecule has 0 fully saturated rings. The molecule has 2 heterocycles. The van der Waals surface area contributed by atoms with Gasteiger partial charge in [-0.2, -0.15) is 5.10 Å². The minimum Gasteiger partial charge on any atom is -0.439 e. The number of benzene rings is 1. The molecule has 25 heavy (non-hydrogen) atoms. The number of rotatable bonds is 5. The minimum absolute atomic E-state index is 0.0844. The van der Waals surface area contributed by atoms with Crippen molar-refractivity contribution in [3.05, 3.63) is 70.6 Å². The van der Waals surface area contributed by atoms with E-state index in [9.17, 15) is 13.6 Å². The van der Waals surface area contributed by atoms with Crippen molar-refractivity contribution in [2.45, 2.75) is 6.54 Å². The maximum Gasteiger partial charge on any atom is 0.271 e. The van der Waals surface area contributed by atoms with Crippen molar-refractivity contribution in [2.24, 2.45) is 0 Å². The van der Waals surface area contributed by atoms with Gasteiger partial charge in [-0.05, 0) is 18.2 Å². The van der Waals surface area contributed by atoms with Crippen LogP contribution in [0.15, 0.2) is 42.7 Å². The van der Waals surface area contributed by atoms with Gasteiger partial charge in [-0.15, -0.1) is 0 Å². The van der Waals surface area contributed by atoms with Crippen molar-refractivity contribution >= 4 is 17.5 Å². The van der Waals surface area contributed by atoms with Crippen LogP contribution in [0.5, 0.6) is 11.6 Å². The lowest BCUT2D eigenvalue weighted by atomic mass is 10.2. The Hall–Kier alpha value is -3.00. The molecule has 1 aromatic carbocycles. The zero-order chi connectivity index (χ0) is 17.8. The third-order valence-corrected chi connectivity index (χ3v) is 3.50. The van der Waals surface area contributed by atoms with Crippen LogP contribution in [0.2, 0.25) is 5.02 Å². The summed E-state index contributed by atoms with van der Waals surface area (Å²) >= 11 is 5.82. The first-order chi connectivity index (χ1) is 12.0. The van der Waals surface area contributed by atoms with Crippen LogP contribution in [0, 0.1) is 11.6 Å². The lowest BCUT2D eigenvalue weighted by Gasteiger charge is -2.10. The van der Waals surface area contributed by atoms with Gasteiger partial charge in [-0.25, -0.2) is 13.8 Å². The third-order valence-electron chi connectivity index (χ3n) is 3.22. The Balaban J connectivity index is 1.73. The Morgan fingerprint density at radius 2 is 2.12 bits per heavy atom. The second-order valence-corrected chi connectivity index (χ2v) is 5.33. The van der Waals surface area contributed by atoms with Crippen LogP contribution in [0.3, 0.4) is 0 Å². The molecule has 0 aliphatic heterocycles. The van der Waals surface area contributed by atoms with Crippen molar-refractivity contribution in [1.82, 2.24) is 20.5 Å². The van der Waals surface area contributed by atoms with Gasteiger partial charge < -0.3 is 10.1 Å². The van der Waals surface area contributed by atoms with Gasteiger partial charge in [0.2, 0.25) is 5.88 Å². The number of aromatic amines is 1. The number of nitrogens with zero attached hydrogens (tertiary/aromatic N) is 2. The average molecular weight is 365 g/mol. The van der Waals surface area contributed by atoms with Crippen LogP contribution in [0.25, 0.3) is 0 Å². The first-order valence-corrected chi connectivity index (χ1v) is 7.46. The zero-order valence-corrected chi connectivity index (χ0v) is 13.3. The van der Waals surface area contributed by atoms with Gasteiger partial charge in [0, 0.05) is 24.4 Å². The van der Waals surface area contributed by atoms with Crippen molar-refractivity contribution < 1.29 is 18.3 Å². The van der Waals surface area contributed by atoms with E-state index in [1.807, 2.05) is 0 Å². The highest BCUT2D eigenvalue weighted by molar-refractivity contribution is 6.33. The molecule has 2 aromatic heterocycles. The van der Waals surface area contributed by atoms with Crippen molar-refractivity contribution in [2.75, 3.05) is 0 Å². The van der Waals surface area contributed by atoms with Crippen LogP contribution in [0.4, 0.5) is 8.78 Å². The smallest absolute Gasteiger partial charge is 0.271 e. The Bertz CT molecular complexity index is 917. The summed E-state index contributed by atoms with van der Waals surface area (Å²) in [6.07, 6.45) is 2.80. The van der Waals surface area contributed by atoms with Crippen molar-refractivity contribution in [3.8, 4) is 11.6 Å². The summed E-state index contributed by atoms with van der Waals surface area (Å²) in [6.45, 7) is 0.0844. The topological polar surface area (TPSA) is 79.9 Å². The van der Waals surface area contributed by atoms with Gasteiger partial charge in [0.05, 0.1) is 11.2 Å². The molecule has 0 aliphatic carbocycles. The molecule has 0 saturated heterocycles. The quantitative estimate of drug-likeness (QED) is 0.726. The number of hydrogen-bond acceptors (Lipinski definition) is 4. The summed E-state index contributed by atoms with van der Waals surface area (Å²) in [5.41, 5.74) is 0.671. The number of halogens is 3. The van der Waals surface area contributed by atoms with Crippen LogP contribution < -0.4 is 10.1 Å². The number of pyridine rings is 1. The second-order valence-electron chi connectivity index (χ2n) is 4.92. The van der Waals surface area contributed by atoms with Gasteiger partial charge in [0.25, 0.3) is 5.91 Å². The molecule has 3 rings (SSSR count). The number of aromatic nitrogens is 3. The van der Waals surface area contributed by atoms with Gasteiger partial charge in [0.15, 0.2) is 11.6 Å². The number of carbonyl (C=O) groups is 1. The van der Waals surface area contributed by atoms with Gasteiger partial charge in [-0.3, -0.25) is 9.89 Å². The standard InChI is InChI=1S/C16H11ClF2N4O2/c17-11-8-22-23-14(11)15(24)21-7-9-2-1-5-20-16(9)25-10-3-4-12(18)13(19)6-10/h1-6,8H,7H2,(H,21,24)(H,22,23). The molecule has 0 unspecified atom stereocenters. The summed E-state index contributed by atoms with van der Waals surface area (Å²) in [4.78, 5) is 16.1. The maximum absolute atomic E-state index is 13.3. The Labute approximate surface area is 145 Å². The predicted octanol–water partition coefficient (Wildman–Crippen LogP) is 3.46. The van der Waals surface area contributed by atoms with E-state index in [4.69, 9.17) is 16.3 Å². The number of ether oxygens (including phenoxy) is 1. The molecule has 0 radical (unpaired) electrons. The van der Waals surface area contributed by atoms with E-state index in [2.05, 4.69) is 20.5 Å². The lowest BCUT2D eigenvalue weighted by molar-refractivity contribution is 0.0946. The van der Waals surface area contributed by atoms with Crippen LogP contribution >= 0.6 is 11.6 Å². The molecule has 2 N–H and O–H groups in total. The summed E-state index contributed by atoms with van der Waals surface area (Å²) in [6, 6.07) is 6.48. The van der Waals surface area contributed by atoms with E-state index in [0.717, 1.165) is 12.1 Å². The molecule has 1 amide bonds. The molecular weight excluding hydrogens is 354 g/mol. The van der Waals surface area contributed by atoms with E-state index >= 15 is 0 Å². The predicted molar refractivity (Wildman–Crippen MR) is 85.4 cm³/mol. The van der Waals surface area contributed by atoms with Crippen molar-refractivity contribution in [3.63, 3.8) is 0 Å². The summed E-state index contributed by atoms with van der Waals surface area (Å²) in [5.74, 6) is -2.22. The molecule has 0 bridgehead atoms. The molecule has 9 heteroatoms.